The standard InChI is InChI=1S/C18H17BrN4O3S/c19-13-5-6-15-14(8-13)22-18(27-15)21-10-17(25)20-9-12-3-1-11(2-4-12)7-16(24)23-26/h1-6,8,26H,7,9-10H2,(H,20,25)(H,21,22)(H,23,24). The molecule has 0 atom stereocenters. The van der Waals surface area contributed by atoms with Crippen LogP contribution in [0.1, 0.15) is 11.1 Å². The van der Waals surface area contributed by atoms with Crippen molar-refractivity contribution < 1.29 is 14.8 Å². The van der Waals surface area contributed by atoms with Gasteiger partial charge >= 0.3 is 0 Å². The van der Waals surface area contributed by atoms with Gasteiger partial charge in [-0.1, -0.05) is 51.5 Å². The van der Waals surface area contributed by atoms with Crippen molar-refractivity contribution in [2.75, 3.05) is 11.9 Å². The van der Waals surface area contributed by atoms with E-state index in [-0.39, 0.29) is 18.9 Å². The van der Waals surface area contributed by atoms with Crippen LogP contribution < -0.4 is 16.1 Å². The number of benzene rings is 2. The number of amides is 2. The van der Waals surface area contributed by atoms with Crippen molar-refractivity contribution in [3.8, 4) is 0 Å². The minimum Gasteiger partial charge on any atom is -0.352 e. The van der Waals surface area contributed by atoms with Crippen LogP contribution in [-0.4, -0.2) is 28.6 Å². The molecular formula is C18H17BrN4O3S. The third-order valence-electron chi connectivity index (χ3n) is 3.75. The molecule has 0 unspecified atom stereocenters. The van der Waals surface area contributed by atoms with E-state index in [1.54, 1.807) is 17.6 Å². The Kier molecular flexibility index (Phi) is 6.38. The van der Waals surface area contributed by atoms with Gasteiger partial charge in [0, 0.05) is 11.0 Å². The van der Waals surface area contributed by atoms with Gasteiger partial charge in [-0.3, -0.25) is 14.8 Å². The highest BCUT2D eigenvalue weighted by molar-refractivity contribution is 9.10. The van der Waals surface area contributed by atoms with Gasteiger partial charge < -0.3 is 10.6 Å². The molecule has 4 N–H and O–H groups in total. The fourth-order valence-electron chi connectivity index (χ4n) is 2.40. The number of hydrogen-bond acceptors (Lipinski definition) is 6. The molecule has 3 rings (SSSR count). The van der Waals surface area contributed by atoms with E-state index in [0.717, 1.165) is 25.8 Å². The summed E-state index contributed by atoms with van der Waals surface area (Å²) in [5.41, 5.74) is 4.18. The predicted octanol–water partition coefficient (Wildman–Crippen LogP) is 2.83. The molecule has 7 nitrogen and oxygen atoms in total. The highest BCUT2D eigenvalue weighted by Crippen LogP contribution is 2.27. The normalized spacial score (nSPS) is 10.6. The van der Waals surface area contributed by atoms with Gasteiger partial charge in [0.25, 0.3) is 0 Å². The average Bonchev–Trinajstić information content (AvgIpc) is 3.07. The second-order valence-corrected chi connectivity index (χ2v) is 7.74. The Morgan fingerprint density at radius 3 is 2.56 bits per heavy atom. The van der Waals surface area contributed by atoms with E-state index in [1.807, 2.05) is 30.3 Å². The third kappa shape index (κ3) is 5.49. The zero-order chi connectivity index (χ0) is 19.2. The molecule has 2 aromatic carbocycles. The largest absolute Gasteiger partial charge is 0.352 e. The lowest BCUT2D eigenvalue weighted by Crippen LogP contribution is -2.29. The first kappa shape index (κ1) is 19.3. The molecule has 0 saturated heterocycles. The van der Waals surface area contributed by atoms with Gasteiger partial charge in [0.05, 0.1) is 23.2 Å². The van der Waals surface area contributed by atoms with Crippen molar-refractivity contribution in [1.82, 2.24) is 15.8 Å². The predicted molar refractivity (Wildman–Crippen MR) is 108 cm³/mol. The van der Waals surface area contributed by atoms with Gasteiger partial charge in [0.2, 0.25) is 11.8 Å². The first-order valence-corrected chi connectivity index (χ1v) is 9.72. The minimum absolute atomic E-state index is 0.103. The van der Waals surface area contributed by atoms with Crippen molar-refractivity contribution in [2.24, 2.45) is 0 Å². The van der Waals surface area contributed by atoms with E-state index in [2.05, 4.69) is 31.5 Å². The second-order valence-electron chi connectivity index (χ2n) is 5.79. The van der Waals surface area contributed by atoms with Crippen LogP contribution in [0.4, 0.5) is 5.13 Å². The molecule has 2 amide bonds. The minimum atomic E-state index is -0.468. The molecule has 0 aliphatic heterocycles. The molecule has 0 spiro atoms. The van der Waals surface area contributed by atoms with E-state index >= 15 is 0 Å². The number of rotatable bonds is 7. The molecule has 3 aromatic rings. The molecule has 0 bridgehead atoms. The summed E-state index contributed by atoms with van der Waals surface area (Å²) in [6, 6.07) is 13.1. The Bertz CT molecular complexity index is 959. The van der Waals surface area contributed by atoms with Gasteiger partial charge in [-0.05, 0) is 29.3 Å². The number of hydroxylamine groups is 1. The Labute approximate surface area is 167 Å². The molecule has 0 aliphatic rings. The Balaban J connectivity index is 1.47. The molecule has 0 saturated carbocycles. The molecule has 140 valence electrons. The summed E-state index contributed by atoms with van der Waals surface area (Å²) in [6.07, 6.45) is 0.103. The first-order chi connectivity index (χ1) is 13.0. The van der Waals surface area contributed by atoms with Gasteiger partial charge in [-0.15, -0.1) is 0 Å². The van der Waals surface area contributed by atoms with Crippen molar-refractivity contribution in [3.05, 3.63) is 58.1 Å². The van der Waals surface area contributed by atoms with Crippen molar-refractivity contribution in [1.29, 1.82) is 0 Å². The molecule has 0 aliphatic carbocycles. The second kappa shape index (κ2) is 8.94. The van der Waals surface area contributed by atoms with Crippen LogP contribution in [0, 0.1) is 0 Å². The zero-order valence-corrected chi connectivity index (χ0v) is 16.6. The Morgan fingerprint density at radius 1 is 1.07 bits per heavy atom. The molecule has 0 radical (unpaired) electrons. The van der Waals surface area contributed by atoms with Gasteiger partial charge in [0.1, 0.15) is 0 Å². The Hall–Kier alpha value is -2.49. The maximum absolute atomic E-state index is 12.0. The van der Waals surface area contributed by atoms with Crippen LogP contribution >= 0.6 is 27.3 Å². The Morgan fingerprint density at radius 2 is 1.81 bits per heavy atom. The van der Waals surface area contributed by atoms with E-state index in [0.29, 0.717) is 11.7 Å². The number of carbonyl (C=O) groups excluding carboxylic acids is 2. The summed E-state index contributed by atoms with van der Waals surface area (Å²) in [5.74, 6) is -0.608. The summed E-state index contributed by atoms with van der Waals surface area (Å²) in [6.45, 7) is 0.523. The fourth-order valence-corrected chi connectivity index (χ4v) is 3.59. The maximum atomic E-state index is 12.0. The summed E-state index contributed by atoms with van der Waals surface area (Å²) >= 11 is 4.91. The van der Waals surface area contributed by atoms with Crippen molar-refractivity contribution >= 4 is 54.4 Å². The highest BCUT2D eigenvalue weighted by atomic mass is 79.9. The van der Waals surface area contributed by atoms with Gasteiger partial charge in [-0.25, -0.2) is 10.5 Å². The monoisotopic (exact) mass is 448 g/mol. The lowest BCUT2D eigenvalue weighted by Gasteiger charge is -2.07. The zero-order valence-electron chi connectivity index (χ0n) is 14.2. The maximum Gasteiger partial charge on any atom is 0.247 e. The smallest absolute Gasteiger partial charge is 0.247 e. The number of nitrogens with zero attached hydrogens (tertiary/aromatic N) is 1. The van der Waals surface area contributed by atoms with Crippen molar-refractivity contribution in [2.45, 2.75) is 13.0 Å². The van der Waals surface area contributed by atoms with Crippen LogP contribution in [0.3, 0.4) is 0 Å². The molecule has 1 heterocycles. The highest BCUT2D eigenvalue weighted by Gasteiger charge is 2.07. The summed E-state index contributed by atoms with van der Waals surface area (Å²) in [4.78, 5) is 27.6. The summed E-state index contributed by atoms with van der Waals surface area (Å²) in [7, 11) is 0. The lowest BCUT2D eigenvalue weighted by molar-refractivity contribution is -0.128. The van der Waals surface area contributed by atoms with Crippen LogP contribution in [0.5, 0.6) is 0 Å². The molecule has 1 aromatic heterocycles. The van der Waals surface area contributed by atoms with E-state index in [9.17, 15) is 9.59 Å². The van der Waals surface area contributed by atoms with E-state index in [1.165, 1.54) is 11.3 Å². The number of hydrogen-bond donors (Lipinski definition) is 4. The number of nitrogens with one attached hydrogen (secondary N) is 3. The molecule has 0 fully saturated rings. The molecule has 9 heteroatoms. The summed E-state index contributed by atoms with van der Waals surface area (Å²) < 4.78 is 2.02. The average molecular weight is 449 g/mol. The SMILES string of the molecule is O=C(Cc1ccc(CNC(=O)CNc2nc3cc(Br)ccc3s2)cc1)NO. The molecule has 27 heavy (non-hydrogen) atoms. The van der Waals surface area contributed by atoms with E-state index in [4.69, 9.17) is 5.21 Å². The van der Waals surface area contributed by atoms with Gasteiger partial charge in [-0.2, -0.15) is 0 Å². The quantitative estimate of drug-likeness (QED) is 0.328. The van der Waals surface area contributed by atoms with Crippen LogP contribution in [0.25, 0.3) is 10.2 Å². The van der Waals surface area contributed by atoms with Crippen LogP contribution in [0.2, 0.25) is 0 Å². The van der Waals surface area contributed by atoms with Gasteiger partial charge in [0.15, 0.2) is 5.13 Å². The number of aromatic nitrogens is 1. The number of halogens is 1. The van der Waals surface area contributed by atoms with Crippen LogP contribution in [0.15, 0.2) is 46.9 Å². The number of anilines is 1. The number of fused-ring (bicyclic) bond motifs is 1. The first-order valence-electron chi connectivity index (χ1n) is 8.11. The lowest BCUT2D eigenvalue weighted by atomic mass is 10.1. The fraction of sp³-hybridized carbons (Fsp3) is 0.167. The van der Waals surface area contributed by atoms with Crippen molar-refractivity contribution in [3.63, 3.8) is 0 Å². The van der Waals surface area contributed by atoms with E-state index < -0.39 is 5.91 Å². The topological polar surface area (TPSA) is 103 Å². The van der Waals surface area contributed by atoms with Crippen LogP contribution in [-0.2, 0) is 22.6 Å². The third-order valence-corrected chi connectivity index (χ3v) is 5.24. The number of carbonyl (C=O) groups is 2. The summed E-state index contributed by atoms with van der Waals surface area (Å²) in [5, 5.41) is 15.1. The molecular weight excluding hydrogens is 432 g/mol. The number of thiazole rings is 1.